The van der Waals surface area contributed by atoms with E-state index in [2.05, 4.69) is 0 Å². The number of sulfonamides is 1. The molecule has 0 aromatic heterocycles. The summed E-state index contributed by atoms with van der Waals surface area (Å²) in [5.41, 5.74) is 6.89. The van der Waals surface area contributed by atoms with E-state index in [1.54, 1.807) is 31.2 Å². The number of benzene rings is 1. The molecular weight excluding hydrogens is 288 g/mol. The fourth-order valence-corrected chi connectivity index (χ4v) is 5.11. The number of hydrogen-bond donors (Lipinski definition) is 1. The van der Waals surface area contributed by atoms with Gasteiger partial charge in [-0.2, -0.15) is 4.31 Å². The van der Waals surface area contributed by atoms with Gasteiger partial charge in [0, 0.05) is 25.0 Å². The molecule has 0 atom stereocenters. The van der Waals surface area contributed by atoms with E-state index in [-0.39, 0.29) is 13.1 Å². The van der Waals surface area contributed by atoms with Crippen molar-refractivity contribution in [1.82, 2.24) is 4.31 Å². The van der Waals surface area contributed by atoms with Crippen LogP contribution < -0.4 is 5.73 Å². The van der Waals surface area contributed by atoms with Gasteiger partial charge in [-0.15, -0.1) is 0 Å². The topological polar surface area (TPSA) is 97.5 Å². The SMILES string of the molecule is CCN(Cc1ccccc1N)S(=O)(=O)CS(C)(=O)=O. The molecule has 0 heterocycles. The molecule has 0 aliphatic rings. The van der Waals surface area contributed by atoms with Crippen molar-refractivity contribution in [3.63, 3.8) is 0 Å². The minimum atomic E-state index is -3.86. The number of nitrogen functional groups attached to an aromatic ring is 1. The predicted octanol–water partition coefficient (Wildman–Crippen LogP) is 0.423. The summed E-state index contributed by atoms with van der Waals surface area (Å²) in [6.45, 7) is 1.91. The molecule has 0 aliphatic heterocycles. The molecule has 0 saturated heterocycles. The first-order valence-corrected chi connectivity index (χ1v) is 9.31. The van der Waals surface area contributed by atoms with E-state index in [0.717, 1.165) is 10.6 Å². The van der Waals surface area contributed by atoms with Crippen molar-refractivity contribution in [2.75, 3.05) is 23.6 Å². The second-order valence-corrected chi connectivity index (χ2v) is 8.76. The van der Waals surface area contributed by atoms with E-state index in [4.69, 9.17) is 5.73 Å². The molecule has 19 heavy (non-hydrogen) atoms. The number of sulfone groups is 1. The van der Waals surface area contributed by atoms with Crippen LogP contribution >= 0.6 is 0 Å². The van der Waals surface area contributed by atoms with Gasteiger partial charge in [0.25, 0.3) is 0 Å². The summed E-state index contributed by atoms with van der Waals surface area (Å²) < 4.78 is 47.4. The highest BCUT2D eigenvalue weighted by Gasteiger charge is 2.25. The predicted molar refractivity (Wildman–Crippen MR) is 75.6 cm³/mol. The van der Waals surface area contributed by atoms with E-state index in [1.807, 2.05) is 0 Å². The van der Waals surface area contributed by atoms with Crippen LogP contribution in [0.25, 0.3) is 0 Å². The van der Waals surface area contributed by atoms with Gasteiger partial charge in [-0.25, -0.2) is 16.8 Å². The highest BCUT2D eigenvalue weighted by Crippen LogP contribution is 2.16. The summed E-state index contributed by atoms with van der Waals surface area (Å²) in [6, 6.07) is 6.89. The third kappa shape index (κ3) is 4.81. The summed E-state index contributed by atoms with van der Waals surface area (Å²) in [6.07, 6.45) is 0.898. The van der Waals surface area contributed by atoms with Crippen LogP contribution in [0.4, 0.5) is 5.69 Å². The van der Waals surface area contributed by atoms with Gasteiger partial charge in [-0.1, -0.05) is 25.1 Å². The Morgan fingerprint density at radius 3 is 2.21 bits per heavy atom. The maximum Gasteiger partial charge on any atom is 0.228 e. The van der Waals surface area contributed by atoms with Crippen LogP contribution in [-0.4, -0.2) is 39.0 Å². The maximum absolute atomic E-state index is 12.0. The van der Waals surface area contributed by atoms with Crippen molar-refractivity contribution >= 4 is 25.5 Å². The number of para-hydroxylation sites is 1. The summed E-state index contributed by atoms with van der Waals surface area (Å²) in [5.74, 6) is 0. The average molecular weight is 306 g/mol. The molecule has 0 aliphatic carbocycles. The zero-order valence-corrected chi connectivity index (χ0v) is 12.5. The Hall–Kier alpha value is -1.12. The average Bonchev–Trinajstić information content (AvgIpc) is 2.24. The van der Waals surface area contributed by atoms with Gasteiger partial charge in [-0.3, -0.25) is 0 Å². The molecule has 8 heteroatoms. The number of nitrogens with two attached hydrogens (primary N) is 1. The van der Waals surface area contributed by atoms with Crippen molar-refractivity contribution < 1.29 is 16.8 Å². The number of rotatable bonds is 6. The Labute approximate surface area is 114 Å². The highest BCUT2D eigenvalue weighted by atomic mass is 32.3. The zero-order valence-electron chi connectivity index (χ0n) is 10.9. The highest BCUT2D eigenvalue weighted by molar-refractivity contribution is 8.06. The van der Waals surface area contributed by atoms with Crippen molar-refractivity contribution in [3.05, 3.63) is 29.8 Å². The fourth-order valence-electron chi connectivity index (χ4n) is 1.62. The Balaban J connectivity index is 3.00. The van der Waals surface area contributed by atoms with Crippen molar-refractivity contribution in [2.45, 2.75) is 13.5 Å². The number of anilines is 1. The molecule has 2 N–H and O–H groups in total. The first kappa shape index (κ1) is 15.9. The van der Waals surface area contributed by atoms with Gasteiger partial charge in [0.1, 0.15) is 0 Å². The van der Waals surface area contributed by atoms with Crippen molar-refractivity contribution in [3.8, 4) is 0 Å². The summed E-state index contributed by atoms with van der Waals surface area (Å²) in [4.78, 5) is 0. The second-order valence-electron chi connectivity index (χ2n) is 4.28. The lowest BCUT2D eigenvalue weighted by Crippen LogP contribution is -2.34. The maximum atomic E-state index is 12.0. The van der Waals surface area contributed by atoms with Gasteiger partial charge in [0.05, 0.1) is 0 Å². The Morgan fingerprint density at radius 1 is 1.16 bits per heavy atom. The molecule has 0 amide bonds. The third-order valence-corrected chi connectivity index (χ3v) is 6.59. The van der Waals surface area contributed by atoms with E-state index in [1.165, 1.54) is 0 Å². The third-order valence-electron chi connectivity index (χ3n) is 2.51. The number of hydrogen-bond acceptors (Lipinski definition) is 5. The Morgan fingerprint density at radius 2 is 1.74 bits per heavy atom. The monoisotopic (exact) mass is 306 g/mol. The second kappa shape index (κ2) is 5.89. The molecular formula is C11H18N2O4S2. The largest absolute Gasteiger partial charge is 0.398 e. The first-order chi connectivity index (χ1) is 8.65. The van der Waals surface area contributed by atoms with Gasteiger partial charge < -0.3 is 5.73 Å². The van der Waals surface area contributed by atoms with E-state index < -0.39 is 24.9 Å². The van der Waals surface area contributed by atoms with Crippen LogP contribution in [0.5, 0.6) is 0 Å². The lowest BCUT2D eigenvalue weighted by atomic mass is 10.2. The van der Waals surface area contributed by atoms with Gasteiger partial charge >= 0.3 is 0 Å². The smallest absolute Gasteiger partial charge is 0.228 e. The summed E-state index contributed by atoms with van der Waals surface area (Å²) in [5, 5.41) is -0.888. The quantitative estimate of drug-likeness (QED) is 0.768. The van der Waals surface area contributed by atoms with E-state index in [0.29, 0.717) is 11.3 Å². The summed E-state index contributed by atoms with van der Waals surface area (Å²) in [7, 11) is -7.46. The molecule has 0 saturated carbocycles. The molecule has 0 unspecified atom stereocenters. The minimum absolute atomic E-state index is 0.0705. The fraction of sp³-hybridized carbons (Fsp3) is 0.455. The van der Waals surface area contributed by atoms with Crippen LogP contribution in [-0.2, 0) is 26.4 Å². The van der Waals surface area contributed by atoms with Gasteiger partial charge in [-0.05, 0) is 11.6 Å². The van der Waals surface area contributed by atoms with Crippen LogP contribution in [0, 0.1) is 0 Å². The van der Waals surface area contributed by atoms with Crippen LogP contribution in [0.2, 0.25) is 0 Å². The lowest BCUT2D eigenvalue weighted by molar-refractivity contribution is 0.427. The first-order valence-electron chi connectivity index (χ1n) is 5.64. The van der Waals surface area contributed by atoms with Gasteiger partial charge in [0.2, 0.25) is 10.0 Å². The molecule has 0 spiro atoms. The molecule has 0 radical (unpaired) electrons. The minimum Gasteiger partial charge on any atom is -0.398 e. The number of nitrogens with zero attached hydrogens (tertiary/aromatic N) is 1. The molecule has 6 nitrogen and oxygen atoms in total. The standard InChI is InChI=1S/C11H18N2O4S2/c1-3-13(19(16,17)9-18(2,14)15)8-10-6-4-5-7-11(10)12/h4-7H,3,8-9,12H2,1-2H3. The van der Waals surface area contributed by atoms with Crippen LogP contribution in [0.3, 0.4) is 0 Å². The van der Waals surface area contributed by atoms with E-state index >= 15 is 0 Å². The van der Waals surface area contributed by atoms with Crippen LogP contribution in [0.15, 0.2) is 24.3 Å². The molecule has 1 aromatic rings. The van der Waals surface area contributed by atoms with E-state index in [9.17, 15) is 16.8 Å². The van der Waals surface area contributed by atoms with Gasteiger partial charge in [0.15, 0.2) is 14.9 Å². The Bertz CT molecular complexity index is 638. The molecule has 0 fully saturated rings. The Kier molecular flexibility index (Phi) is 4.94. The molecule has 1 aromatic carbocycles. The van der Waals surface area contributed by atoms with Crippen molar-refractivity contribution in [1.29, 1.82) is 0 Å². The molecule has 0 bridgehead atoms. The van der Waals surface area contributed by atoms with Crippen molar-refractivity contribution in [2.24, 2.45) is 0 Å². The normalized spacial score (nSPS) is 12.8. The molecule has 1 rings (SSSR count). The molecule has 108 valence electrons. The van der Waals surface area contributed by atoms with Crippen LogP contribution in [0.1, 0.15) is 12.5 Å². The summed E-state index contributed by atoms with van der Waals surface area (Å²) >= 11 is 0. The lowest BCUT2D eigenvalue weighted by Gasteiger charge is -2.20. The zero-order chi connectivity index (χ0) is 14.7.